The molecule has 15 heteroatoms. The van der Waals surface area contributed by atoms with E-state index in [4.69, 9.17) is 18.9 Å². The quantitative estimate of drug-likeness (QED) is 0.0367. The topological polar surface area (TPSA) is 139 Å². The van der Waals surface area contributed by atoms with E-state index in [0.29, 0.717) is 34.5 Å². The van der Waals surface area contributed by atoms with Crippen molar-refractivity contribution in [3.05, 3.63) is 196 Å². The lowest BCUT2D eigenvalue weighted by Crippen LogP contribution is -2.55. The Kier molecular flexibility index (Phi) is 16.3. The van der Waals surface area contributed by atoms with Gasteiger partial charge in [0.25, 0.3) is 0 Å². The first kappa shape index (κ1) is 52.6. The van der Waals surface area contributed by atoms with Crippen LogP contribution < -0.4 is 18.9 Å². The summed E-state index contributed by atoms with van der Waals surface area (Å²) >= 11 is 0. The number of ether oxygens (including phenoxy) is 4. The number of piperidine rings is 2. The van der Waals surface area contributed by atoms with E-state index in [-0.39, 0.29) is 41.6 Å². The predicted molar refractivity (Wildman–Crippen MR) is 281 cm³/mol. The minimum Gasteiger partial charge on any atom is -0.490 e. The summed E-state index contributed by atoms with van der Waals surface area (Å²) in [5.41, 5.74) is 0. The molecule has 73 heavy (non-hydrogen) atoms. The lowest BCUT2D eigenvalue weighted by atomic mass is 10.0. The fourth-order valence-electron chi connectivity index (χ4n) is 9.53. The van der Waals surface area contributed by atoms with Crippen LogP contribution >= 0.6 is 0 Å². The molecule has 0 aliphatic carbocycles. The van der Waals surface area contributed by atoms with Gasteiger partial charge < -0.3 is 34.0 Å². The maximum atomic E-state index is 13.6. The number of rotatable bonds is 22. The second kappa shape index (κ2) is 22.6. The van der Waals surface area contributed by atoms with E-state index >= 15 is 0 Å². The van der Waals surface area contributed by atoms with Gasteiger partial charge in [0, 0.05) is 25.7 Å². The Labute approximate surface area is 430 Å². The van der Waals surface area contributed by atoms with E-state index in [1.54, 1.807) is 72.8 Å². The molecule has 0 unspecified atom stereocenters. The first-order valence-electron chi connectivity index (χ1n) is 24.2. The van der Waals surface area contributed by atoms with Crippen molar-refractivity contribution >= 4 is 29.5 Å². The molecule has 0 aromatic heterocycles. The highest BCUT2D eigenvalue weighted by Gasteiger charge is 2.34. The minimum absolute atomic E-state index is 0.0320. The zero-order chi connectivity index (χ0) is 51.7. The van der Waals surface area contributed by atoms with Crippen molar-refractivity contribution in [2.45, 2.75) is 67.3 Å². The van der Waals surface area contributed by atoms with Gasteiger partial charge in [-0.2, -0.15) is 0 Å². The van der Waals surface area contributed by atoms with E-state index in [9.17, 15) is 25.3 Å². The fourth-order valence-corrected chi connectivity index (χ4v) is 13.3. The van der Waals surface area contributed by atoms with Crippen molar-refractivity contribution in [1.82, 2.24) is 0 Å². The van der Waals surface area contributed by atoms with Gasteiger partial charge in [-0.25, -0.2) is 25.3 Å². The smallest absolute Gasteiger partial charge is 0.206 e. The third-order valence-corrected chi connectivity index (χ3v) is 18.9. The van der Waals surface area contributed by atoms with Crippen LogP contribution in [0.3, 0.4) is 0 Å². The molecule has 0 atom stereocenters. The Morgan fingerprint density at radius 1 is 0.397 bits per heavy atom. The van der Waals surface area contributed by atoms with Crippen LogP contribution in [-0.4, -0.2) is 98.8 Å². The molecule has 0 bridgehead atoms. The normalized spacial score (nSPS) is 18.2. The highest BCUT2D eigenvalue weighted by molar-refractivity contribution is 7.92. The van der Waals surface area contributed by atoms with Gasteiger partial charge in [-0.1, -0.05) is 19.7 Å². The number of benzene rings is 6. The Balaban J connectivity index is 0.814. The molecule has 0 amide bonds. The number of sulfone groups is 3. The zero-order valence-corrected chi connectivity index (χ0v) is 43.2. The highest BCUT2D eigenvalue weighted by atomic mass is 32.2. The monoisotopic (exact) mass is 1040 g/mol. The average molecular weight is 1040 g/mol. The van der Waals surface area contributed by atoms with Crippen molar-refractivity contribution in [2.24, 2.45) is 0 Å². The van der Waals surface area contributed by atoms with Crippen molar-refractivity contribution in [1.29, 1.82) is 0 Å². The molecule has 0 spiro atoms. The predicted octanol–water partition coefficient (Wildman–Crippen LogP) is 11.0. The molecule has 6 aromatic carbocycles. The van der Waals surface area contributed by atoms with Gasteiger partial charge in [-0.3, -0.25) is 6.58 Å². The van der Waals surface area contributed by atoms with Crippen LogP contribution in [0.25, 0.3) is 0 Å². The van der Waals surface area contributed by atoms with Crippen molar-refractivity contribution < 1.29 is 53.2 Å². The minimum atomic E-state index is -3.93. The molecule has 0 saturated carbocycles. The summed E-state index contributed by atoms with van der Waals surface area (Å²) in [6.07, 6.45) is 12.5. The summed E-state index contributed by atoms with van der Waals surface area (Å²) in [6, 6.07) is 36.8. The van der Waals surface area contributed by atoms with Crippen LogP contribution in [0, 0.1) is 6.08 Å². The second-order valence-electron chi connectivity index (χ2n) is 18.6. The summed E-state index contributed by atoms with van der Waals surface area (Å²) in [7, 11) is -11.6. The fraction of sp³-hybridized carbons (Fsp3) is 0.241. The summed E-state index contributed by atoms with van der Waals surface area (Å²) < 4.78 is 107. The third kappa shape index (κ3) is 12.4. The standard InChI is InChI=1S/C58H61N2O10S3/c1-5-37-59(38-6-2)41-33-51(34-42-59)69-49-17-29-57(30-18-49)72(63,64)55-25-13-47(14-26-55)67-45-9-21-53(22-10-45)71(61,62)54-23-11-46(12-24-54)68-48-15-27-56(28-16-48)73(65,66)58-31-19-50(20-32-58)70-52-35-43-60(39-7-3,40-8-4)44-36-52/h5-7,9-32,51-52H,1-4,33-44H2/q+1. The number of hydrogen-bond acceptors (Lipinski definition) is 10. The number of likely N-dealkylation sites (tertiary alicyclic amines) is 2. The molecule has 2 saturated heterocycles. The first-order chi connectivity index (χ1) is 35.1. The summed E-state index contributed by atoms with van der Waals surface area (Å²) in [5.74, 6) is 2.66. The van der Waals surface area contributed by atoms with Crippen LogP contribution in [0.2, 0.25) is 0 Å². The van der Waals surface area contributed by atoms with Gasteiger partial charge in [-0.15, -0.1) is 0 Å². The molecule has 2 aliphatic heterocycles. The maximum Gasteiger partial charge on any atom is 0.206 e. The Hall–Kier alpha value is -6.75. The zero-order valence-electron chi connectivity index (χ0n) is 40.8. The number of nitrogens with zero attached hydrogens (tertiary/aromatic N) is 2. The Bertz CT molecular complexity index is 2980. The maximum absolute atomic E-state index is 13.6. The highest BCUT2D eigenvalue weighted by Crippen LogP contribution is 2.33. The summed E-state index contributed by atoms with van der Waals surface area (Å²) in [4.78, 5) is 0.528. The molecule has 2 aliphatic rings. The van der Waals surface area contributed by atoms with Crippen LogP contribution in [0.4, 0.5) is 0 Å². The second-order valence-corrected chi connectivity index (χ2v) is 24.4. The van der Waals surface area contributed by atoms with E-state index in [0.717, 1.165) is 87.0 Å². The van der Waals surface area contributed by atoms with Gasteiger partial charge in [0.2, 0.25) is 29.5 Å². The largest absolute Gasteiger partial charge is 0.490 e. The van der Waals surface area contributed by atoms with Gasteiger partial charge in [-0.05, 0) is 170 Å². The summed E-state index contributed by atoms with van der Waals surface area (Å²) in [5, 5.41) is 0. The van der Waals surface area contributed by atoms with Crippen LogP contribution in [0.1, 0.15) is 25.7 Å². The molecule has 0 N–H and O–H groups in total. The summed E-state index contributed by atoms with van der Waals surface area (Å²) in [6.45, 7) is 22.7. The molecule has 2 fully saturated rings. The molecule has 0 radical (unpaired) electrons. The molecule has 8 rings (SSSR count). The van der Waals surface area contributed by atoms with Crippen molar-refractivity contribution in [3.8, 4) is 34.5 Å². The van der Waals surface area contributed by atoms with E-state index in [1.165, 1.54) is 72.8 Å². The molecule has 6 aromatic rings. The number of hydrogen-bond donors (Lipinski definition) is 0. The van der Waals surface area contributed by atoms with Gasteiger partial charge in [0.1, 0.15) is 46.7 Å². The van der Waals surface area contributed by atoms with E-state index in [1.807, 2.05) is 18.2 Å². The first-order valence-corrected chi connectivity index (χ1v) is 28.6. The van der Waals surface area contributed by atoms with Crippen molar-refractivity contribution in [3.63, 3.8) is 0 Å². The van der Waals surface area contributed by atoms with E-state index < -0.39 is 29.5 Å². The Morgan fingerprint density at radius 2 is 0.630 bits per heavy atom. The third-order valence-electron chi connectivity index (χ3n) is 13.6. The van der Waals surface area contributed by atoms with Gasteiger partial charge >= 0.3 is 0 Å². The van der Waals surface area contributed by atoms with Gasteiger partial charge in [0.15, 0.2) is 0 Å². The average Bonchev–Trinajstić information content (AvgIpc) is 3.39. The van der Waals surface area contributed by atoms with E-state index in [2.05, 4.69) is 32.4 Å². The molecule has 12 nitrogen and oxygen atoms in total. The lowest BCUT2D eigenvalue weighted by Gasteiger charge is -2.45. The molecule has 2 heterocycles. The molecule has 380 valence electrons. The lowest BCUT2D eigenvalue weighted by molar-refractivity contribution is -0.923. The van der Waals surface area contributed by atoms with Crippen molar-refractivity contribution in [2.75, 3.05) is 52.4 Å². The number of quaternary nitrogens is 2. The van der Waals surface area contributed by atoms with Crippen LogP contribution in [0.5, 0.6) is 34.5 Å². The SMILES string of the molecule is C=[C-]C[N+]1(CC=C)CCC(Oc2ccc(S(=O)(=O)c3ccc(Oc4ccc(S(=O)(=O)c5ccc(Oc6ccc(S(=O)(=O)c7ccc(OC8CC[N+](CC=C)(CC=C)CC8)cc7)cc6)cc5)cc4)cc3)cc2)CC1. The van der Waals surface area contributed by atoms with Crippen LogP contribution in [-0.2, 0) is 29.5 Å². The molecular weight excluding hydrogens is 981 g/mol. The Morgan fingerprint density at radius 3 is 0.877 bits per heavy atom. The van der Waals surface area contributed by atoms with Crippen LogP contribution in [0.15, 0.2) is 220 Å². The van der Waals surface area contributed by atoms with Gasteiger partial charge in [0.05, 0.1) is 75.2 Å². The molecular formula is C58H61N2O10S3+.